The molecule has 0 fully saturated rings. The first kappa shape index (κ1) is 29.0. The maximum absolute atomic E-state index is 11.5. The highest BCUT2D eigenvalue weighted by Crippen LogP contribution is 2.47. The summed E-state index contributed by atoms with van der Waals surface area (Å²) in [5.41, 5.74) is 4.60. The number of allylic oxidation sites excluding steroid dienone is 1. The fourth-order valence-electron chi connectivity index (χ4n) is 4.67. The Kier molecular flexibility index (Phi) is 10.3. The number of fused-ring (bicyclic) bond motifs is 2. The molecule has 1 atom stereocenters. The molecule has 0 bridgehead atoms. The molecule has 0 aliphatic carbocycles. The van der Waals surface area contributed by atoms with Crippen LogP contribution in [0.2, 0.25) is 10.0 Å². The van der Waals surface area contributed by atoms with Crippen molar-refractivity contribution >= 4 is 64.2 Å². The van der Waals surface area contributed by atoms with Crippen LogP contribution in [0, 0.1) is 0 Å². The molecule has 2 aromatic carbocycles. The highest BCUT2D eigenvalue weighted by Gasteiger charge is 2.31. The van der Waals surface area contributed by atoms with Crippen molar-refractivity contribution in [1.29, 1.82) is 0 Å². The Morgan fingerprint density at radius 3 is 2.31 bits per heavy atom. The van der Waals surface area contributed by atoms with Crippen LogP contribution in [0.25, 0.3) is 6.08 Å². The Morgan fingerprint density at radius 1 is 0.923 bits per heavy atom. The normalized spacial score (nSPS) is 16.5. The molecule has 2 aliphatic heterocycles. The van der Waals surface area contributed by atoms with Crippen molar-refractivity contribution in [2.45, 2.75) is 30.6 Å². The molecule has 9 heteroatoms. The number of nitrogens with one attached hydrogen (secondary N) is 3. The molecule has 204 valence electrons. The van der Waals surface area contributed by atoms with Crippen molar-refractivity contribution in [2.75, 3.05) is 31.1 Å². The number of nitrogens with zero attached hydrogens (tertiary/aromatic N) is 1. The number of amides is 2. The molecule has 0 saturated heterocycles. The van der Waals surface area contributed by atoms with Gasteiger partial charge in [-0.15, -0.1) is 0 Å². The molecule has 1 unspecified atom stereocenters. The molecule has 2 amide bonds. The van der Waals surface area contributed by atoms with E-state index >= 15 is 0 Å². The molecule has 0 spiro atoms. The lowest BCUT2D eigenvalue weighted by Gasteiger charge is -2.22. The molecule has 0 radical (unpaired) electrons. The maximum Gasteiger partial charge on any atom is 0.243 e. The summed E-state index contributed by atoms with van der Waals surface area (Å²) in [6, 6.07) is 12.0. The maximum atomic E-state index is 11.5. The number of quaternary nitrogens is 1. The molecule has 39 heavy (non-hydrogen) atoms. The fourth-order valence-corrected chi connectivity index (χ4v) is 6.13. The van der Waals surface area contributed by atoms with Crippen LogP contribution in [0.3, 0.4) is 0 Å². The van der Waals surface area contributed by atoms with E-state index in [0.717, 1.165) is 60.7 Å². The van der Waals surface area contributed by atoms with Gasteiger partial charge in [0.05, 0.1) is 17.3 Å². The molecule has 0 aromatic heterocycles. The summed E-state index contributed by atoms with van der Waals surface area (Å²) in [5, 5.41) is 8.26. The molecule has 2 aliphatic rings. The van der Waals surface area contributed by atoms with Gasteiger partial charge in [0.25, 0.3) is 0 Å². The van der Waals surface area contributed by atoms with Gasteiger partial charge in [0.2, 0.25) is 11.8 Å². The zero-order valence-electron chi connectivity index (χ0n) is 21.8. The predicted octanol–water partition coefficient (Wildman–Crippen LogP) is 5.48. The summed E-state index contributed by atoms with van der Waals surface area (Å²) < 4.78 is 0. The van der Waals surface area contributed by atoms with Gasteiger partial charge in [-0.3, -0.25) is 14.5 Å². The largest absolute Gasteiger partial charge is 0.353 e. The number of hydrogen-bond donors (Lipinski definition) is 3. The van der Waals surface area contributed by atoms with Crippen LogP contribution in [-0.4, -0.2) is 38.0 Å². The second-order valence-electron chi connectivity index (χ2n) is 9.31. The van der Waals surface area contributed by atoms with Crippen molar-refractivity contribution in [1.82, 2.24) is 10.6 Å². The van der Waals surface area contributed by atoms with Crippen molar-refractivity contribution < 1.29 is 14.5 Å². The van der Waals surface area contributed by atoms with E-state index in [9.17, 15) is 9.59 Å². The average molecular weight is 585 g/mol. The lowest BCUT2D eigenvalue weighted by Crippen LogP contribution is -3.04. The first-order valence-corrected chi connectivity index (χ1v) is 14.6. The molecule has 6 nitrogen and oxygen atoms in total. The van der Waals surface area contributed by atoms with Gasteiger partial charge in [0.15, 0.2) is 0 Å². The smallest absolute Gasteiger partial charge is 0.243 e. The van der Waals surface area contributed by atoms with Gasteiger partial charge in [-0.1, -0.05) is 48.1 Å². The minimum absolute atomic E-state index is 0.146. The number of thioether (sulfide) groups is 1. The van der Waals surface area contributed by atoms with Gasteiger partial charge < -0.3 is 15.5 Å². The molecule has 3 N–H and O–H groups in total. The van der Waals surface area contributed by atoms with Gasteiger partial charge in [-0.2, -0.15) is 0 Å². The topological polar surface area (TPSA) is 65.9 Å². The molecule has 2 heterocycles. The minimum Gasteiger partial charge on any atom is -0.353 e. The Balaban J connectivity index is 1.51. The standard InChI is InChI=1S/C30H32Cl2N4O2S/c1-3-28(37)33-13-5-7-15-35-24(17-21-9-10-22(31)18-25(21)35)20-30-36(16-8-6-14-34-29(38)4-2)26-19-23(32)11-12-27(26)39-30/h3-4,9-12,17-20H,1-2,5-8,13-16H2,(H,33,37)(H,34,38)/p+1. The number of hydrogen-bond acceptors (Lipinski definition) is 4. The quantitative estimate of drug-likeness (QED) is 0.216. The van der Waals surface area contributed by atoms with E-state index in [1.165, 1.54) is 27.6 Å². The minimum atomic E-state index is -0.150. The SMILES string of the molecule is C=CC(=O)NCCCCN1C(=CC2=Cc3ccc(Cl)cc3[NH+]2CCCCNC(=O)C=C)Sc2ccc(Cl)cc21. The Labute approximate surface area is 244 Å². The van der Waals surface area contributed by atoms with Crippen molar-refractivity contribution in [3.8, 4) is 0 Å². The Hall–Kier alpha value is -2.97. The molecule has 2 aromatic rings. The van der Waals surface area contributed by atoms with E-state index in [4.69, 9.17) is 23.2 Å². The zero-order chi connectivity index (χ0) is 27.8. The number of unbranched alkanes of at least 4 members (excludes halogenated alkanes) is 2. The van der Waals surface area contributed by atoms with E-state index in [1.54, 1.807) is 11.8 Å². The summed E-state index contributed by atoms with van der Waals surface area (Å²) in [5.74, 6) is -0.296. The molecule has 0 saturated carbocycles. The number of rotatable bonds is 13. The fraction of sp³-hybridized carbons (Fsp3) is 0.267. The van der Waals surface area contributed by atoms with E-state index in [1.807, 2.05) is 24.3 Å². The predicted molar refractivity (Wildman–Crippen MR) is 163 cm³/mol. The van der Waals surface area contributed by atoms with Gasteiger partial charge in [0.1, 0.15) is 11.4 Å². The van der Waals surface area contributed by atoms with Gasteiger partial charge in [-0.05, 0) is 68.2 Å². The first-order valence-electron chi connectivity index (χ1n) is 13.0. The lowest BCUT2D eigenvalue weighted by molar-refractivity contribution is -0.783. The summed E-state index contributed by atoms with van der Waals surface area (Å²) >= 11 is 14.5. The van der Waals surface area contributed by atoms with Gasteiger partial charge >= 0.3 is 0 Å². The Bertz CT molecular complexity index is 1320. The van der Waals surface area contributed by atoms with E-state index in [-0.39, 0.29) is 11.8 Å². The van der Waals surface area contributed by atoms with Crippen LogP contribution in [-0.2, 0) is 9.59 Å². The summed E-state index contributed by atoms with van der Waals surface area (Å²) in [6.07, 6.45) is 10.7. The molecule has 4 rings (SSSR count). The third-order valence-corrected chi connectivity index (χ3v) is 8.19. The Morgan fingerprint density at radius 2 is 1.59 bits per heavy atom. The second-order valence-corrected chi connectivity index (χ2v) is 11.2. The van der Waals surface area contributed by atoms with Crippen molar-refractivity contribution in [2.24, 2.45) is 0 Å². The summed E-state index contributed by atoms with van der Waals surface area (Å²) in [6.45, 7) is 9.91. The van der Waals surface area contributed by atoms with E-state index in [2.05, 4.69) is 53.0 Å². The number of halogens is 2. The lowest BCUT2D eigenvalue weighted by atomic mass is 10.2. The summed E-state index contributed by atoms with van der Waals surface area (Å²) in [4.78, 5) is 27.7. The number of carbonyl (C=O) groups excluding carboxylic acids is 2. The average Bonchev–Trinajstić information content (AvgIpc) is 3.44. The van der Waals surface area contributed by atoms with Crippen LogP contribution in [0.1, 0.15) is 31.2 Å². The van der Waals surface area contributed by atoms with Gasteiger partial charge in [-0.25, -0.2) is 0 Å². The monoisotopic (exact) mass is 583 g/mol. The zero-order valence-corrected chi connectivity index (χ0v) is 24.1. The van der Waals surface area contributed by atoms with Crippen molar-refractivity contribution in [3.05, 3.63) is 94.1 Å². The third kappa shape index (κ3) is 7.57. The summed E-state index contributed by atoms with van der Waals surface area (Å²) in [7, 11) is 0. The van der Waals surface area contributed by atoms with E-state index in [0.29, 0.717) is 23.1 Å². The molecular formula is C30H33Cl2N4O2S+. The third-order valence-electron chi connectivity index (χ3n) is 6.60. The highest BCUT2D eigenvalue weighted by molar-refractivity contribution is 8.03. The number of carbonyl (C=O) groups is 2. The van der Waals surface area contributed by atoms with Crippen LogP contribution in [0.15, 0.2) is 83.4 Å². The first-order chi connectivity index (χ1) is 18.9. The van der Waals surface area contributed by atoms with E-state index < -0.39 is 0 Å². The van der Waals surface area contributed by atoms with Crippen LogP contribution < -0.4 is 20.4 Å². The molecular weight excluding hydrogens is 551 g/mol. The van der Waals surface area contributed by atoms with Crippen LogP contribution >= 0.6 is 35.0 Å². The van der Waals surface area contributed by atoms with Gasteiger partial charge in [0, 0.05) is 58.4 Å². The number of anilines is 1. The second kappa shape index (κ2) is 13.9. The van der Waals surface area contributed by atoms with Crippen LogP contribution in [0.4, 0.5) is 11.4 Å². The van der Waals surface area contributed by atoms with Crippen molar-refractivity contribution in [3.63, 3.8) is 0 Å². The number of benzene rings is 2. The highest BCUT2D eigenvalue weighted by atomic mass is 35.5. The van der Waals surface area contributed by atoms with Crippen LogP contribution in [0.5, 0.6) is 0 Å².